The normalized spacial score (nSPS) is 17.4. The van der Waals surface area contributed by atoms with Crippen LogP contribution in [0.15, 0.2) is 0 Å². The van der Waals surface area contributed by atoms with Crippen LogP contribution in [0.4, 0.5) is 0 Å². The number of ether oxygens (including phenoxy) is 1. The number of nitrogens with two attached hydrogens (primary N) is 2. The first-order valence-corrected chi connectivity index (χ1v) is 21.4. The number of ketones is 1. The summed E-state index contributed by atoms with van der Waals surface area (Å²) in [6, 6.07) is -2.97. The molecular formula is C34H60N10O12S2-2. The number of likely N-dealkylation sites (N-methyl/N-ethyl adjacent to an activating group) is 2. The van der Waals surface area contributed by atoms with Crippen molar-refractivity contribution < 1.29 is 58.4 Å². The molecule has 24 heteroatoms. The molecule has 0 aliphatic carbocycles. The highest BCUT2D eigenvalue weighted by atomic mass is 33.1. The monoisotopic (exact) mass is 864 g/mol. The predicted octanol–water partition coefficient (Wildman–Crippen LogP) is -6.24. The molecule has 332 valence electrons. The van der Waals surface area contributed by atoms with Gasteiger partial charge in [-0.2, -0.15) is 0 Å². The highest BCUT2D eigenvalue weighted by Crippen LogP contribution is 2.23. The van der Waals surface area contributed by atoms with E-state index in [2.05, 4.69) is 26.2 Å². The summed E-state index contributed by atoms with van der Waals surface area (Å²) in [6.07, 6.45) is -1.40. The Kier molecular flexibility index (Phi) is 26.7. The molecular weight excluding hydrogens is 805 g/mol. The number of nitrogens with one attached hydrogen (secondary N) is 4. The summed E-state index contributed by atoms with van der Waals surface area (Å²) in [4.78, 5) is 104. The number of rotatable bonds is 27. The van der Waals surface area contributed by atoms with Gasteiger partial charge in [0.15, 0.2) is 5.78 Å². The molecule has 22 nitrogen and oxygen atoms in total. The van der Waals surface area contributed by atoms with E-state index in [0.717, 1.165) is 0 Å². The fourth-order valence-electron chi connectivity index (χ4n) is 5.70. The Labute approximate surface area is 346 Å². The van der Waals surface area contributed by atoms with Crippen molar-refractivity contribution in [1.82, 2.24) is 40.9 Å². The van der Waals surface area contributed by atoms with Gasteiger partial charge in [-0.3, -0.25) is 43.5 Å². The standard InChI is InChI=1S/C34H62N10O12S2/c1-4-41-9-11-42(13-14-44(19-32(52)53)16-15-43(12-10-41)18-31(50)51)17-28(47)40-29(56-22-35)21-58-57-20-26(33(36)54)38-27(46)7-5-24(23(2)45)39-34(55)25(37-3)6-8-30(48)49/h24-26,29,37H,4-22,35H2,1-3H3,(H2,36,54)(H,38,46)(H,39,55)(H,40,47)(H,48,49)(H,50,51)(H,52,53)/p-2. The van der Waals surface area contributed by atoms with E-state index in [1.54, 1.807) is 9.80 Å². The molecule has 1 saturated heterocycles. The number of hydrogen-bond donors (Lipinski definition) is 7. The van der Waals surface area contributed by atoms with E-state index in [1.807, 2.05) is 11.8 Å². The summed E-state index contributed by atoms with van der Waals surface area (Å²) >= 11 is 0. The summed E-state index contributed by atoms with van der Waals surface area (Å²) in [5, 5.41) is 42.2. The van der Waals surface area contributed by atoms with Gasteiger partial charge in [-0.1, -0.05) is 28.5 Å². The van der Waals surface area contributed by atoms with E-state index in [0.29, 0.717) is 45.8 Å². The van der Waals surface area contributed by atoms with Gasteiger partial charge in [0.1, 0.15) is 12.3 Å². The SMILES string of the molecule is CCN1CCN(CC(=O)[O-])CCN(CC(=O)[O-])CCN(CC(=O)NC(CSSCC(NC(=O)CCC(NC(=O)C(CCC(=O)O)NC)C(C)=O)C(N)=O)OCN)CC1. The van der Waals surface area contributed by atoms with Crippen LogP contribution in [0.1, 0.15) is 39.5 Å². The number of nitrogens with zero attached hydrogens (tertiary/aromatic N) is 4. The second-order valence-corrected chi connectivity index (χ2v) is 16.0. The first kappa shape index (κ1) is 52.4. The molecule has 0 saturated carbocycles. The van der Waals surface area contributed by atoms with Crippen molar-refractivity contribution in [2.24, 2.45) is 11.5 Å². The Morgan fingerprint density at radius 3 is 1.66 bits per heavy atom. The van der Waals surface area contributed by atoms with Crippen LogP contribution in [0.2, 0.25) is 0 Å². The van der Waals surface area contributed by atoms with Crippen LogP contribution in [0, 0.1) is 0 Å². The molecule has 4 unspecified atom stereocenters. The van der Waals surface area contributed by atoms with E-state index in [1.165, 1.54) is 35.6 Å². The van der Waals surface area contributed by atoms with Gasteiger partial charge < -0.3 is 67.3 Å². The third kappa shape index (κ3) is 23.7. The van der Waals surface area contributed by atoms with E-state index in [4.69, 9.17) is 21.3 Å². The number of Topliss-reactive ketones (excluding diaryl/α,β-unsaturated/α-hetero) is 1. The number of carboxylic acids is 3. The minimum absolute atomic E-state index is 0.00531. The van der Waals surface area contributed by atoms with E-state index >= 15 is 0 Å². The molecule has 1 rings (SSSR count). The molecule has 1 aliphatic rings. The van der Waals surface area contributed by atoms with Crippen LogP contribution < -0.4 is 42.9 Å². The molecule has 0 spiro atoms. The van der Waals surface area contributed by atoms with Gasteiger partial charge in [-0.15, -0.1) is 0 Å². The molecule has 58 heavy (non-hydrogen) atoms. The van der Waals surface area contributed by atoms with E-state index in [9.17, 15) is 48.6 Å². The number of primary amides is 1. The maximum absolute atomic E-state index is 13.2. The molecule has 4 amide bonds. The maximum atomic E-state index is 13.2. The van der Waals surface area contributed by atoms with Gasteiger partial charge in [0, 0.05) is 89.8 Å². The third-order valence-corrected chi connectivity index (χ3v) is 11.5. The summed E-state index contributed by atoms with van der Waals surface area (Å²) in [5.41, 5.74) is 11.1. The number of aliphatic carboxylic acids is 3. The minimum Gasteiger partial charge on any atom is -0.549 e. The number of carbonyl (C=O) groups excluding carboxylic acids is 7. The van der Waals surface area contributed by atoms with Crippen molar-refractivity contribution >= 4 is 68.9 Å². The lowest BCUT2D eigenvalue weighted by Crippen LogP contribution is -2.51. The smallest absolute Gasteiger partial charge is 0.303 e. The summed E-state index contributed by atoms with van der Waals surface area (Å²) in [7, 11) is 3.88. The van der Waals surface area contributed by atoms with Crippen LogP contribution in [-0.4, -0.2) is 200 Å². The molecule has 9 N–H and O–H groups in total. The van der Waals surface area contributed by atoms with Crippen molar-refractivity contribution in [2.45, 2.75) is 63.9 Å². The molecule has 0 aromatic rings. The zero-order valence-electron chi connectivity index (χ0n) is 33.4. The lowest BCUT2D eigenvalue weighted by Gasteiger charge is -2.34. The average Bonchev–Trinajstić information content (AvgIpc) is 3.14. The van der Waals surface area contributed by atoms with Crippen LogP contribution in [0.25, 0.3) is 0 Å². The van der Waals surface area contributed by atoms with Crippen molar-refractivity contribution in [3.63, 3.8) is 0 Å². The van der Waals surface area contributed by atoms with Crippen molar-refractivity contribution in [2.75, 3.05) is 104 Å². The highest BCUT2D eigenvalue weighted by molar-refractivity contribution is 8.76. The minimum atomic E-state index is -1.28. The zero-order valence-corrected chi connectivity index (χ0v) is 35.1. The first-order chi connectivity index (χ1) is 27.5. The van der Waals surface area contributed by atoms with Crippen molar-refractivity contribution in [1.29, 1.82) is 0 Å². The van der Waals surface area contributed by atoms with E-state index < -0.39 is 65.8 Å². The molecule has 1 heterocycles. The lowest BCUT2D eigenvalue weighted by molar-refractivity contribution is -0.308. The van der Waals surface area contributed by atoms with Crippen LogP contribution in [-0.2, 0) is 43.1 Å². The number of hydrogen-bond acceptors (Lipinski definition) is 19. The van der Waals surface area contributed by atoms with Gasteiger partial charge in [0.2, 0.25) is 23.6 Å². The first-order valence-electron chi connectivity index (χ1n) is 18.9. The molecule has 0 aromatic heterocycles. The Morgan fingerprint density at radius 1 is 0.707 bits per heavy atom. The second-order valence-electron chi connectivity index (χ2n) is 13.5. The highest BCUT2D eigenvalue weighted by Gasteiger charge is 2.26. The average molecular weight is 865 g/mol. The van der Waals surface area contributed by atoms with Gasteiger partial charge in [0.25, 0.3) is 0 Å². The molecule has 0 bridgehead atoms. The van der Waals surface area contributed by atoms with Crippen LogP contribution >= 0.6 is 21.6 Å². The Morgan fingerprint density at radius 2 is 1.21 bits per heavy atom. The molecule has 4 atom stereocenters. The largest absolute Gasteiger partial charge is 0.549 e. The fraction of sp³-hybridized carbons (Fsp3) is 0.765. The molecule has 1 aliphatic heterocycles. The van der Waals surface area contributed by atoms with Crippen LogP contribution in [0.5, 0.6) is 0 Å². The van der Waals surface area contributed by atoms with Crippen molar-refractivity contribution in [3.8, 4) is 0 Å². The van der Waals surface area contributed by atoms with E-state index in [-0.39, 0.29) is 82.6 Å². The third-order valence-electron chi connectivity index (χ3n) is 9.06. The van der Waals surface area contributed by atoms with Gasteiger partial charge in [0.05, 0.1) is 37.3 Å². The fourth-order valence-corrected chi connectivity index (χ4v) is 7.93. The summed E-state index contributed by atoms with van der Waals surface area (Å²) < 4.78 is 5.52. The zero-order chi connectivity index (χ0) is 43.6. The maximum Gasteiger partial charge on any atom is 0.303 e. The molecule has 0 radical (unpaired) electrons. The Bertz CT molecular complexity index is 1350. The van der Waals surface area contributed by atoms with Gasteiger partial charge in [-0.25, -0.2) is 0 Å². The number of amides is 4. The van der Waals surface area contributed by atoms with Gasteiger partial charge in [-0.05, 0) is 33.4 Å². The molecule has 1 fully saturated rings. The summed E-state index contributed by atoms with van der Waals surface area (Å²) in [6.45, 7) is 6.22. The topological polar surface area (TPSA) is 325 Å². The molecule has 0 aromatic carbocycles. The quantitative estimate of drug-likeness (QED) is 0.0229. The lowest BCUT2D eigenvalue weighted by atomic mass is 10.1. The predicted molar refractivity (Wildman–Crippen MR) is 211 cm³/mol. The number of carbonyl (C=O) groups is 8. The second kappa shape index (κ2) is 29.6. The number of carboxylic acid groups (broad SMARTS) is 3. The van der Waals surface area contributed by atoms with Crippen LogP contribution in [0.3, 0.4) is 0 Å². The summed E-state index contributed by atoms with van der Waals surface area (Å²) in [5.74, 6) is -6.12. The van der Waals surface area contributed by atoms with Crippen molar-refractivity contribution in [3.05, 3.63) is 0 Å². The Hall–Kier alpha value is -3.62. The Balaban J connectivity index is 2.75. The van der Waals surface area contributed by atoms with Gasteiger partial charge >= 0.3 is 5.97 Å².